The Hall–Kier alpha value is -1.75. The summed E-state index contributed by atoms with van der Waals surface area (Å²) in [4.78, 5) is 14.8. The second-order valence-corrected chi connectivity index (χ2v) is 8.04. The number of hydrogen-bond acceptors (Lipinski definition) is 3. The SMILES string of the molecule is C[C@@H]1C[C@@H](C)CN(CCCCNC(=O)N[C@H]2CCOc3ccccc32)C1. The summed E-state index contributed by atoms with van der Waals surface area (Å²) >= 11 is 0. The van der Waals surface area contributed by atoms with E-state index in [-0.39, 0.29) is 12.1 Å². The van der Waals surface area contributed by atoms with Crippen LogP contribution < -0.4 is 15.4 Å². The van der Waals surface area contributed by atoms with Crippen LogP contribution in [0.2, 0.25) is 0 Å². The molecule has 0 radical (unpaired) electrons. The zero-order valence-electron chi connectivity index (χ0n) is 16.2. The smallest absolute Gasteiger partial charge is 0.315 e. The Morgan fingerprint density at radius 2 is 1.96 bits per heavy atom. The van der Waals surface area contributed by atoms with E-state index < -0.39 is 0 Å². The molecule has 3 atom stereocenters. The number of carbonyl (C=O) groups excluding carboxylic acids is 1. The van der Waals surface area contributed by atoms with E-state index >= 15 is 0 Å². The van der Waals surface area contributed by atoms with Gasteiger partial charge in [0.2, 0.25) is 0 Å². The Bertz CT molecular complexity index is 582. The average Bonchev–Trinajstić information content (AvgIpc) is 2.61. The van der Waals surface area contributed by atoms with Crippen LogP contribution in [0.4, 0.5) is 4.79 Å². The zero-order valence-corrected chi connectivity index (χ0v) is 16.2. The van der Waals surface area contributed by atoms with E-state index in [2.05, 4.69) is 29.4 Å². The fourth-order valence-corrected chi connectivity index (χ4v) is 4.34. The molecule has 1 fully saturated rings. The maximum Gasteiger partial charge on any atom is 0.315 e. The lowest BCUT2D eigenvalue weighted by Crippen LogP contribution is -2.41. The highest BCUT2D eigenvalue weighted by Gasteiger charge is 2.23. The number of likely N-dealkylation sites (tertiary alicyclic amines) is 1. The van der Waals surface area contributed by atoms with E-state index in [0.29, 0.717) is 6.61 Å². The van der Waals surface area contributed by atoms with E-state index in [0.717, 1.165) is 55.5 Å². The summed E-state index contributed by atoms with van der Waals surface area (Å²) in [6.45, 7) is 9.67. The summed E-state index contributed by atoms with van der Waals surface area (Å²) in [7, 11) is 0. The van der Waals surface area contributed by atoms with Crippen LogP contribution in [0.5, 0.6) is 5.75 Å². The monoisotopic (exact) mass is 359 g/mol. The zero-order chi connectivity index (χ0) is 18.4. The van der Waals surface area contributed by atoms with Crippen molar-refractivity contribution >= 4 is 6.03 Å². The first-order valence-corrected chi connectivity index (χ1v) is 10.1. The topological polar surface area (TPSA) is 53.6 Å². The van der Waals surface area contributed by atoms with Gasteiger partial charge in [-0.2, -0.15) is 0 Å². The van der Waals surface area contributed by atoms with Gasteiger partial charge in [0.05, 0.1) is 12.6 Å². The molecule has 26 heavy (non-hydrogen) atoms. The molecule has 2 aliphatic heterocycles. The number of nitrogens with zero attached hydrogens (tertiary/aromatic N) is 1. The molecular formula is C21H33N3O2. The maximum atomic E-state index is 12.2. The summed E-state index contributed by atoms with van der Waals surface area (Å²) in [5, 5.41) is 6.09. The van der Waals surface area contributed by atoms with Gasteiger partial charge in [-0.15, -0.1) is 0 Å². The molecule has 0 unspecified atom stereocenters. The number of fused-ring (bicyclic) bond motifs is 1. The third-order valence-electron chi connectivity index (χ3n) is 5.40. The highest BCUT2D eigenvalue weighted by atomic mass is 16.5. The van der Waals surface area contributed by atoms with Crippen molar-refractivity contribution < 1.29 is 9.53 Å². The minimum atomic E-state index is -0.0769. The lowest BCUT2D eigenvalue weighted by atomic mass is 9.92. The Morgan fingerprint density at radius 3 is 2.77 bits per heavy atom. The van der Waals surface area contributed by atoms with Crippen molar-refractivity contribution in [3.63, 3.8) is 0 Å². The van der Waals surface area contributed by atoms with Gasteiger partial charge < -0.3 is 20.3 Å². The molecule has 5 heteroatoms. The van der Waals surface area contributed by atoms with Crippen molar-refractivity contribution in [3.05, 3.63) is 29.8 Å². The van der Waals surface area contributed by atoms with Gasteiger partial charge in [-0.1, -0.05) is 32.0 Å². The Labute approximate surface area is 157 Å². The minimum Gasteiger partial charge on any atom is -0.493 e. The van der Waals surface area contributed by atoms with E-state index in [4.69, 9.17) is 4.74 Å². The molecule has 1 aromatic carbocycles. The highest BCUT2D eigenvalue weighted by Crippen LogP contribution is 2.31. The Morgan fingerprint density at radius 1 is 1.19 bits per heavy atom. The van der Waals surface area contributed by atoms with Gasteiger partial charge in [-0.05, 0) is 43.7 Å². The van der Waals surface area contributed by atoms with Crippen LogP contribution in [0.1, 0.15) is 51.1 Å². The van der Waals surface area contributed by atoms with Gasteiger partial charge in [-0.3, -0.25) is 0 Å². The van der Waals surface area contributed by atoms with Gasteiger partial charge in [0.25, 0.3) is 0 Å². The molecule has 2 amide bonds. The van der Waals surface area contributed by atoms with Crippen LogP contribution in [-0.2, 0) is 0 Å². The maximum absolute atomic E-state index is 12.2. The molecule has 1 saturated heterocycles. The molecule has 0 aromatic heterocycles. The van der Waals surface area contributed by atoms with Gasteiger partial charge in [-0.25, -0.2) is 4.79 Å². The number of hydrogen-bond donors (Lipinski definition) is 2. The second-order valence-electron chi connectivity index (χ2n) is 8.04. The molecule has 0 saturated carbocycles. The molecule has 5 nitrogen and oxygen atoms in total. The van der Waals surface area contributed by atoms with E-state index in [1.165, 1.54) is 19.5 Å². The Balaban J connectivity index is 1.33. The van der Waals surface area contributed by atoms with Gasteiger partial charge in [0, 0.05) is 31.6 Å². The molecule has 2 N–H and O–H groups in total. The van der Waals surface area contributed by atoms with Crippen molar-refractivity contribution in [1.29, 1.82) is 0 Å². The van der Waals surface area contributed by atoms with Crippen LogP contribution >= 0.6 is 0 Å². The highest BCUT2D eigenvalue weighted by molar-refractivity contribution is 5.74. The number of carbonyl (C=O) groups is 1. The van der Waals surface area contributed by atoms with Crippen LogP contribution in [0.25, 0.3) is 0 Å². The average molecular weight is 360 g/mol. The fourth-order valence-electron chi connectivity index (χ4n) is 4.34. The lowest BCUT2D eigenvalue weighted by molar-refractivity contribution is 0.139. The number of unbranched alkanes of at least 4 members (excludes halogenated alkanes) is 1. The van der Waals surface area contributed by atoms with Crippen LogP contribution in [0, 0.1) is 11.8 Å². The molecular weight excluding hydrogens is 326 g/mol. The van der Waals surface area contributed by atoms with Crippen LogP contribution in [-0.4, -0.2) is 43.7 Å². The first-order valence-electron chi connectivity index (χ1n) is 10.1. The van der Waals surface area contributed by atoms with Crippen molar-refractivity contribution in [1.82, 2.24) is 15.5 Å². The third-order valence-corrected chi connectivity index (χ3v) is 5.40. The van der Waals surface area contributed by atoms with Crippen molar-refractivity contribution in [2.24, 2.45) is 11.8 Å². The number of benzene rings is 1. The number of para-hydroxylation sites is 1. The number of ether oxygens (including phenoxy) is 1. The largest absolute Gasteiger partial charge is 0.493 e. The normalized spacial score (nSPS) is 25.8. The van der Waals surface area contributed by atoms with Gasteiger partial charge >= 0.3 is 6.03 Å². The van der Waals surface area contributed by atoms with E-state index in [9.17, 15) is 4.79 Å². The fraction of sp³-hybridized carbons (Fsp3) is 0.667. The number of nitrogens with one attached hydrogen (secondary N) is 2. The lowest BCUT2D eigenvalue weighted by Gasteiger charge is -2.34. The molecule has 1 aromatic rings. The van der Waals surface area contributed by atoms with E-state index in [1.807, 2.05) is 24.3 Å². The first kappa shape index (κ1) is 19.0. The number of amides is 2. The van der Waals surface area contributed by atoms with Crippen LogP contribution in [0.3, 0.4) is 0 Å². The summed E-state index contributed by atoms with van der Waals surface area (Å²) in [6, 6.07) is 7.90. The summed E-state index contributed by atoms with van der Waals surface area (Å²) in [5.74, 6) is 2.50. The quantitative estimate of drug-likeness (QED) is 0.764. The Kier molecular flexibility index (Phi) is 6.78. The summed E-state index contributed by atoms with van der Waals surface area (Å²) < 4.78 is 5.64. The number of urea groups is 1. The van der Waals surface area contributed by atoms with Crippen molar-refractivity contribution in [2.45, 2.75) is 45.6 Å². The summed E-state index contributed by atoms with van der Waals surface area (Å²) in [5.41, 5.74) is 1.07. The molecule has 0 aliphatic carbocycles. The van der Waals surface area contributed by atoms with Crippen molar-refractivity contribution in [2.75, 3.05) is 32.8 Å². The third kappa shape index (κ3) is 5.37. The van der Waals surface area contributed by atoms with E-state index in [1.54, 1.807) is 0 Å². The molecule has 0 spiro atoms. The predicted molar refractivity (Wildman–Crippen MR) is 104 cm³/mol. The van der Waals surface area contributed by atoms with Gasteiger partial charge in [0.15, 0.2) is 0 Å². The number of rotatable bonds is 6. The predicted octanol–water partition coefficient (Wildman–Crippen LogP) is 3.57. The second kappa shape index (κ2) is 9.26. The molecule has 0 bridgehead atoms. The molecule has 2 aliphatic rings. The molecule has 144 valence electrons. The molecule has 3 rings (SSSR count). The van der Waals surface area contributed by atoms with Gasteiger partial charge in [0.1, 0.15) is 5.75 Å². The van der Waals surface area contributed by atoms with Crippen molar-refractivity contribution in [3.8, 4) is 5.75 Å². The number of piperidine rings is 1. The molecule has 2 heterocycles. The van der Waals surface area contributed by atoms with Crippen LogP contribution in [0.15, 0.2) is 24.3 Å². The first-order chi connectivity index (χ1) is 12.6. The standard InChI is InChI=1S/C21H33N3O2/c1-16-13-17(2)15-24(14-16)11-6-5-10-22-21(25)23-19-9-12-26-20-8-4-3-7-18(19)20/h3-4,7-8,16-17,19H,5-6,9-15H2,1-2H3,(H2,22,23,25)/t16-,17-,19+/m1/s1. The minimum absolute atomic E-state index is 0.0382. The summed E-state index contributed by atoms with van der Waals surface area (Å²) in [6.07, 6.45) is 4.33.